The Labute approximate surface area is 116 Å². The van der Waals surface area contributed by atoms with Crippen LogP contribution < -0.4 is 16.8 Å². The molecule has 2 aromatic rings. The summed E-state index contributed by atoms with van der Waals surface area (Å²) in [5.41, 5.74) is 13.9. The van der Waals surface area contributed by atoms with Gasteiger partial charge in [0.15, 0.2) is 0 Å². The molecule has 1 aromatic carbocycles. The Morgan fingerprint density at radius 1 is 1.25 bits per heavy atom. The Kier molecular flexibility index (Phi) is 3.86. The van der Waals surface area contributed by atoms with Crippen LogP contribution in [0.3, 0.4) is 0 Å². The van der Waals surface area contributed by atoms with Gasteiger partial charge in [0.05, 0.1) is 5.56 Å². The lowest BCUT2D eigenvalue weighted by molar-refractivity contribution is 0.0995. The number of hydrogen-bond donors (Lipinski definition) is 4. The van der Waals surface area contributed by atoms with Crippen LogP contribution in [0.15, 0.2) is 30.5 Å². The molecule has 0 aliphatic carbocycles. The number of carbonyl (C=O) groups excluding carboxylic acids is 2. The first-order valence-electron chi connectivity index (χ1n) is 6.10. The van der Waals surface area contributed by atoms with Crippen molar-refractivity contribution in [1.82, 2.24) is 4.98 Å². The van der Waals surface area contributed by atoms with Gasteiger partial charge in [-0.1, -0.05) is 6.07 Å². The first-order valence-corrected chi connectivity index (χ1v) is 6.10. The zero-order valence-corrected chi connectivity index (χ0v) is 11.1. The summed E-state index contributed by atoms with van der Waals surface area (Å²) in [5, 5.41) is 2.76. The van der Waals surface area contributed by atoms with Crippen LogP contribution in [-0.2, 0) is 6.54 Å². The minimum absolute atomic E-state index is 0.196. The maximum absolute atomic E-state index is 12.0. The Balaban J connectivity index is 2.18. The van der Waals surface area contributed by atoms with Gasteiger partial charge in [0.1, 0.15) is 5.69 Å². The van der Waals surface area contributed by atoms with Crippen LogP contribution in [0, 0.1) is 6.92 Å². The second kappa shape index (κ2) is 5.58. The Morgan fingerprint density at radius 2 is 2.00 bits per heavy atom. The second-order valence-corrected chi connectivity index (χ2v) is 4.53. The number of primary amides is 1. The molecule has 2 amide bonds. The van der Waals surface area contributed by atoms with Crippen LogP contribution >= 0.6 is 0 Å². The highest BCUT2D eigenvalue weighted by molar-refractivity contribution is 6.05. The van der Waals surface area contributed by atoms with Crippen LogP contribution in [0.25, 0.3) is 0 Å². The molecule has 6 heteroatoms. The van der Waals surface area contributed by atoms with Crippen molar-refractivity contribution in [1.29, 1.82) is 0 Å². The molecule has 0 atom stereocenters. The van der Waals surface area contributed by atoms with E-state index in [1.54, 1.807) is 0 Å². The number of anilines is 1. The highest BCUT2D eigenvalue weighted by Crippen LogP contribution is 2.15. The molecule has 0 aliphatic rings. The van der Waals surface area contributed by atoms with E-state index in [4.69, 9.17) is 11.5 Å². The van der Waals surface area contributed by atoms with Gasteiger partial charge in [-0.3, -0.25) is 9.59 Å². The van der Waals surface area contributed by atoms with Gasteiger partial charge in [0, 0.05) is 18.4 Å². The van der Waals surface area contributed by atoms with Gasteiger partial charge in [-0.25, -0.2) is 0 Å². The molecule has 1 aromatic heterocycles. The highest BCUT2D eigenvalue weighted by Gasteiger charge is 2.11. The number of amides is 2. The average molecular weight is 272 g/mol. The first-order chi connectivity index (χ1) is 9.49. The van der Waals surface area contributed by atoms with E-state index < -0.39 is 5.91 Å². The SMILES string of the molecule is Cc1cc(CN)cc(NC(=O)c2c[nH]c(C(N)=O)c2)c1. The topological polar surface area (TPSA) is 114 Å². The lowest BCUT2D eigenvalue weighted by Crippen LogP contribution is -2.13. The number of aromatic amines is 1. The van der Waals surface area contributed by atoms with Crippen molar-refractivity contribution in [2.45, 2.75) is 13.5 Å². The van der Waals surface area contributed by atoms with Crippen molar-refractivity contribution in [2.24, 2.45) is 11.5 Å². The number of nitrogens with two attached hydrogens (primary N) is 2. The number of rotatable bonds is 4. The summed E-state index contributed by atoms with van der Waals surface area (Å²) >= 11 is 0. The third-order valence-corrected chi connectivity index (χ3v) is 2.84. The van der Waals surface area contributed by atoms with Gasteiger partial charge in [0.2, 0.25) is 0 Å². The van der Waals surface area contributed by atoms with E-state index in [1.807, 2.05) is 25.1 Å². The largest absolute Gasteiger partial charge is 0.364 e. The fraction of sp³-hybridized carbons (Fsp3) is 0.143. The third kappa shape index (κ3) is 3.04. The number of carbonyl (C=O) groups is 2. The van der Waals surface area contributed by atoms with Crippen molar-refractivity contribution < 1.29 is 9.59 Å². The van der Waals surface area contributed by atoms with Gasteiger partial charge in [-0.15, -0.1) is 0 Å². The lowest BCUT2D eigenvalue weighted by Gasteiger charge is -2.07. The normalized spacial score (nSPS) is 10.3. The van der Waals surface area contributed by atoms with Crippen molar-refractivity contribution in [3.05, 3.63) is 52.8 Å². The van der Waals surface area contributed by atoms with E-state index >= 15 is 0 Å². The summed E-state index contributed by atoms with van der Waals surface area (Å²) in [6, 6.07) is 7.03. The molecule has 6 nitrogen and oxygen atoms in total. The van der Waals surface area contributed by atoms with E-state index in [0.717, 1.165) is 11.1 Å². The fourth-order valence-electron chi connectivity index (χ4n) is 1.92. The molecule has 0 fully saturated rings. The summed E-state index contributed by atoms with van der Waals surface area (Å²) in [7, 11) is 0. The molecule has 104 valence electrons. The smallest absolute Gasteiger partial charge is 0.265 e. The molecule has 0 radical (unpaired) electrons. The quantitative estimate of drug-likeness (QED) is 0.669. The Morgan fingerprint density at radius 3 is 2.60 bits per heavy atom. The average Bonchev–Trinajstić information content (AvgIpc) is 2.87. The first kappa shape index (κ1) is 13.8. The predicted octanol–water partition coefficient (Wildman–Crippen LogP) is 1.13. The zero-order chi connectivity index (χ0) is 14.7. The summed E-state index contributed by atoms with van der Waals surface area (Å²) < 4.78 is 0. The molecule has 0 spiro atoms. The number of benzene rings is 1. The summed E-state index contributed by atoms with van der Waals surface area (Å²) in [5.74, 6) is -0.924. The number of H-pyrrole nitrogens is 1. The van der Waals surface area contributed by atoms with Crippen molar-refractivity contribution in [2.75, 3.05) is 5.32 Å². The third-order valence-electron chi connectivity index (χ3n) is 2.84. The van der Waals surface area contributed by atoms with E-state index in [-0.39, 0.29) is 11.6 Å². The second-order valence-electron chi connectivity index (χ2n) is 4.53. The van der Waals surface area contributed by atoms with Gasteiger partial charge in [0.25, 0.3) is 11.8 Å². The Hall–Kier alpha value is -2.60. The summed E-state index contributed by atoms with van der Waals surface area (Å²) in [6.45, 7) is 2.33. The molecule has 0 aliphatic heterocycles. The number of hydrogen-bond acceptors (Lipinski definition) is 3. The van der Waals surface area contributed by atoms with E-state index in [0.29, 0.717) is 17.8 Å². The van der Waals surface area contributed by atoms with E-state index in [9.17, 15) is 9.59 Å². The van der Waals surface area contributed by atoms with E-state index in [2.05, 4.69) is 10.3 Å². The minimum atomic E-state index is -0.606. The van der Waals surface area contributed by atoms with E-state index in [1.165, 1.54) is 12.3 Å². The number of nitrogens with one attached hydrogen (secondary N) is 2. The van der Waals surface area contributed by atoms with Crippen LogP contribution in [-0.4, -0.2) is 16.8 Å². The molecule has 6 N–H and O–H groups in total. The fourth-order valence-corrected chi connectivity index (χ4v) is 1.92. The molecular formula is C14H16N4O2. The minimum Gasteiger partial charge on any atom is -0.364 e. The molecule has 20 heavy (non-hydrogen) atoms. The standard InChI is InChI=1S/C14H16N4O2/c1-8-2-9(6-15)4-11(3-8)18-14(20)10-5-12(13(16)19)17-7-10/h2-5,7,17H,6,15H2,1H3,(H2,16,19)(H,18,20). The lowest BCUT2D eigenvalue weighted by atomic mass is 10.1. The van der Waals surface area contributed by atoms with Gasteiger partial charge < -0.3 is 21.8 Å². The van der Waals surface area contributed by atoms with Crippen LogP contribution in [0.5, 0.6) is 0 Å². The molecule has 0 saturated heterocycles. The van der Waals surface area contributed by atoms with Crippen molar-refractivity contribution >= 4 is 17.5 Å². The highest BCUT2D eigenvalue weighted by atomic mass is 16.2. The van der Waals surface area contributed by atoms with Crippen LogP contribution in [0.4, 0.5) is 5.69 Å². The molecule has 0 unspecified atom stereocenters. The molecule has 2 rings (SSSR count). The van der Waals surface area contributed by atoms with Crippen molar-refractivity contribution in [3.63, 3.8) is 0 Å². The van der Waals surface area contributed by atoms with Gasteiger partial charge in [-0.05, 0) is 36.2 Å². The van der Waals surface area contributed by atoms with Crippen LogP contribution in [0.1, 0.15) is 32.0 Å². The maximum atomic E-state index is 12.0. The van der Waals surface area contributed by atoms with Crippen LogP contribution in [0.2, 0.25) is 0 Å². The molecule has 1 heterocycles. The van der Waals surface area contributed by atoms with Gasteiger partial charge >= 0.3 is 0 Å². The summed E-state index contributed by atoms with van der Waals surface area (Å²) in [4.78, 5) is 25.7. The van der Waals surface area contributed by atoms with Crippen molar-refractivity contribution in [3.8, 4) is 0 Å². The zero-order valence-electron chi connectivity index (χ0n) is 11.1. The van der Waals surface area contributed by atoms with Gasteiger partial charge in [-0.2, -0.15) is 0 Å². The molecule has 0 bridgehead atoms. The predicted molar refractivity (Wildman–Crippen MR) is 76.3 cm³/mol. The number of aromatic nitrogens is 1. The Bertz CT molecular complexity index is 661. The number of aryl methyl sites for hydroxylation is 1. The monoisotopic (exact) mass is 272 g/mol. The molecular weight excluding hydrogens is 256 g/mol. The molecule has 0 saturated carbocycles. The maximum Gasteiger partial charge on any atom is 0.265 e. The summed E-state index contributed by atoms with van der Waals surface area (Å²) in [6.07, 6.45) is 1.44.